The summed E-state index contributed by atoms with van der Waals surface area (Å²) in [6, 6.07) is 4.81. The number of rotatable bonds is 2. The molecule has 0 radical (unpaired) electrons. The quantitative estimate of drug-likeness (QED) is 0.893. The van der Waals surface area contributed by atoms with E-state index in [-0.39, 0.29) is 16.5 Å². The van der Waals surface area contributed by atoms with Gasteiger partial charge in [-0.3, -0.25) is 0 Å². The number of aliphatic hydroxyl groups is 1. The average Bonchev–Trinajstić information content (AvgIpc) is 2.39. The number of aliphatic hydroxyl groups excluding tert-OH is 1. The van der Waals surface area contributed by atoms with Gasteiger partial charge in [-0.05, 0) is 44.1 Å². The van der Waals surface area contributed by atoms with Crippen molar-refractivity contribution in [1.82, 2.24) is 0 Å². The fourth-order valence-electron chi connectivity index (χ4n) is 3.26. The fourth-order valence-corrected chi connectivity index (χ4v) is 3.44. The SMILES string of the molecule is OC(c1cccc(Cl)c1F)C1CCOC2(CCC2)C1. The molecule has 0 bridgehead atoms. The molecule has 1 saturated heterocycles. The molecule has 1 aromatic carbocycles. The molecule has 1 spiro atoms. The standard InChI is InChI=1S/C15H18ClFO2/c16-12-4-1-3-11(13(12)17)14(18)10-5-8-19-15(9-10)6-2-7-15/h1,3-4,10,14,18H,2,5-9H2. The molecule has 1 saturated carbocycles. The molecule has 4 heteroatoms. The normalized spacial score (nSPS) is 27.0. The molecule has 0 amide bonds. The van der Waals surface area contributed by atoms with Crippen LogP contribution in [0, 0.1) is 11.7 Å². The summed E-state index contributed by atoms with van der Waals surface area (Å²) in [5.74, 6) is -0.437. The summed E-state index contributed by atoms with van der Waals surface area (Å²) in [4.78, 5) is 0. The van der Waals surface area contributed by atoms with Crippen LogP contribution in [0.3, 0.4) is 0 Å². The van der Waals surface area contributed by atoms with Gasteiger partial charge >= 0.3 is 0 Å². The molecule has 1 aromatic rings. The summed E-state index contributed by atoms with van der Waals surface area (Å²) >= 11 is 5.78. The van der Waals surface area contributed by atoms with Crippen LogP contribution < -0.4 is 0 Å². The molecule has 104 valence electrons. The molecule has 2 fully saturated rings. The van der Waals surface area contributed by atoms with Gasteiger partial charge < -0.3 is 9.84 Å². The number of halogens is 2. The second-order valence-corrected chi connectivity index (χ2v) is 6.13. The minimum Gasteiger partial charge on any atom is -0.388 e. The van der Waals surface area contributed by atoms with Gasteiger partial charge in [-0.2, -0.15) is 0 Å². The molecular weight excluding hydrogens is 267 g/mol. The molecular formula is C15H18ClFO2. The van der Waals surface area contributed by atoms with Gasteiger partial charge in [-0.15, -0.1) is 0 Å². The lowest BCUT2D eigenvalue weighted by molar-refractivity contribution is -0.157. The minimum absolute atomic E-state index is 0.0427. The summed E-state index contributed by atoms with van der Waals surface area (Å²) in [6.07, 6.45) is 4.12. The van der Waals surface area contributed by atoms with E-state index in [2.05, 4.69) is 0 Å². The van der Waals surface area contributed by atoms with Crippen molar-refractivity contribution >= 4 is 11.6 Å². The van der Waals surface area contributed by atoms with Crippen LogP contribution in [0.15, 0.2) is 18.2 Å². The maximum atomic E-state index is 14.0. The van der Waals surface area contributed by atoms with Crippen LogP contribution in [0.2, 0.25) is 5.02 Å². The van der Waals surface area contributed by atoms with Gasteiger partial charge in [0.1, 0.15) is 5.82 Å². The first-order valence-electron chi connectivity index (χ1n) is 6.87. The summed E-state index contributed by atoms with van der Waals surface area (Å²) in [7, 11) is 0. The molecule has 1 N–H and O–H groups in total. The maximum Gasteiger partial charge on any atom is 0.147 e. The van der Waals surface area contributed by atoms with E-state index in [4.69, 9.17) is 16.3 Å². The molecule has 1 heterocycles. The lowest BCUT2D eigenvalue weighted by Gasteiger charge is -2.48. The Labute approximate surface area is 117 Å². The molecule has 2 nitrogen and oxygen atoms in total. The van der Waals surface area contributed by atoms with Crippen LogP contribution in [-0.2, 0) is 4.74 Å². The van der Waals surface area contributed by atoms with E-state index in [9.17, 15) is 9.50 Å². The van der Waals surface area contributed by atoms with E-state index < -0.39 is 11.9 Å². The van der Waals surface area contributed by atoms with Crippen molar-refractivity contribution in [2.24, 2.45) is 5.92 Å². The van der Waals surface area contributed by atoms with Crippen LogP contribution in [0.4, 0.5) is 4.39 Å². The topological polar surface area (TPSA) is 29.5 Å². The van der Waals surface area contributed by atoms with Gasteiger partial charge in [0.05, 0.1) is 16.7 Å². The molecule has 2 unspecified atom stereocenters. The zero-order chi connectivity index (χ0) is 13.5. The largest absolute Gasteiger partial charge is 0.388 e. The molecule has 3 rings (SSSR count). The third kappa shape index (κ3) is 2.39. The van der Waals surface area contributed by atoms with Crippen molar-refractivity contribution in [3.8, 4) is 0 Å². The highest BCUT2D eigenvalue weighted by Gasteiger charge is 2.44. The molecule has 2 atom stereocenters. The minimum atomic E-state index is -0.792. The van der Waals surface area contributed by atoms with E-state index in [1.54, 1.807) is 12.1 Å². The Morgan fingerprint density at radius 2 is 2.21 bits per heavy atom. The molecule has 1 aliphatic carbocycles. The summed E-state index contributed by atoms with van der Waals surface area (Å²) in [6.45, 7) is 0.657. The first kappa shape index (κ1) is 13.3. The van der Waals surface area contributed by atoms with Crippen molar-refractivity contribution in [2.45, 2.75) is 43.8 Å². The highest BCUT2D eigenvalue weighted by Crippen LogP contribution is 2.47. The van der Waals surface area contributed by atoms with Crippen molar-refractivity contribution in [3.05, 3.63) is 34.6 Å². The van der Waals surface area contributed by atoms with Crippen LogP contribution >= 0.6 is 11.6 Å². The number of hydrogen-bond acceptors (Lipinski definition) is 2. The third-order valence-corrected chi connectivity index (χ3v) is 4.83. The molecule has 2 aliphatic rings. The van der Waals surface area contributed by atoms with Crippen LogP contribution in [0.25, 0.3) is 0 Å². The van der Waals surface area contributed by atoms with Crippen molar-refractivity contribution in [2.75, 3.05) is 6.61 Å². The molecule has 0 aromatic heterocycles. The highest BCUT2D eigenvalue weighted by atomic mass is 35.5. The zero-order valence-corrected chi connectivity index (χ0v) is 11.5. The second kappa shape index (κ2) is 5.04. The van der Waals surface area contributed by atoms with Gasteiger partial charge in [-0.1, -0.05) is 23.7 Å². The maximum absolute atomic E-state index is 14.0. The van der Waals surface area contributed by atoms with E-state index in [0.29, 0.717) is 12.2 Å². The Hall–Kier alpha value is -0.640. The number of hydrogen-bond donors (Lipinski definition) is 1. The first-order valence-corrected chi connectivity index (χ1v) is 7.25. The Morgan fingerprint density at radius 1 is 1.42 bits per heavy atom. The zero-order valence-electron chi connectivity index (χ0n) is 10.7. The predicted octanol–water partition coefficient (Wildman–Crippen LogP) is 3.86. The Morgan fingerprint density at radius 3 is 2.89 bits per heavy atom. The van der Waals surface area contributed by atoms with Crippen molar-refractivity contribution in [1.29, 1.82) is 0 Å². The first-order chi connectivity index (χ1) is 9.11. The Balaban J connectivity index is 1.79. The van der Waals surface area contributed by atoms with E-state index in [0.717, 1.165) is 25.7 Å². The average molecular weight is 285 g/mol. The Bertz CT molecular complexity index is 473. The van der Waals surface area contributed by atoms with Crippen molar-refractivity contribution < 1.29 is 14.2 Å². The van der Waals surface area contributed by atoms with E-state index in [1.807, 2.05) is 0 Å². The molecule has 19 heavy (non-hydrogen) atoms. The van der Waals surface area contributed by atoms with Gasteiger partial charge in [0.15, 0.2) is 0 Å². The summed E-state index contributed by atoms with van der Waals surface area (Å²) in [5.41, 5.74) is 0.271. The fraction of sp³-hybridized carbons (Fsp3) is 0.600. The monoisotopic (exact) mass is 284 g/mol. The third-order valence-electron chi connectivity index (χ3n) is 4.54. The smallest absolute Gasteiger partial charge is 0.147 e. The predicted molar refractivity (Wildman–Crippen MR) is 71.6 cm³/mol. The Kier molecular flexibility index (Phi) is 3.54. The van der Waals surface area contributed by atoms with Crippen LogP contribution in [0.1, 0.15) is 43.8 Å². The van der Waals surface area contributed by atoms with Crippen LogP contribution in [0.5, 0.6) is 0 Å². The molecule has 1 aliphatic heterocycles. The lowest BCUT2D eigenvalue weighted by Crippen LogP contribution is -2.46. The highest BCUT2D eigenvalue weighted by molar-refractivity contribution is 6.30. The van der Waals surface area contributed by atoms with Gasteiger partial charge in [-0.25, -0.2) is 4.39 Å². The number of benzene rings is 1. The van der Waals surface area contributed by atoms with Crippen LogP contribution in [-0.4, -0.2) is 17.3 Å². The summed E-state index contributed by atoms with van der Waals surface area (Å²) < 4.78 is 19.8. The van der Waals surface area contributed by atoms with Gasteiger partial charge in [0.25, 0.3) is 0 Å². The second-order valence-electron chi connectivity index (χ2n) is 5.73. The number of ether oxygens (including phenoxy) is 1. The van der Waals surface area contributed by atoms with E-state index in [1.165, 1.54) is 12.5 Å². The van der Waals surface area contributed by atoms with Crippen molar-refractivity contribution in [3.63, 3.8) is 0 Å². The summed E-state index contributed by atoms with van der Waals surface area (Å²) in [5, 5.41) is 10.5. The van der Waals surface area contributed by atoms with Gasteiger partial charge in [0, 0.05) is 12.2 Å². The van der Waals surface area contributed by atoms with E-state index >= 15 is 0 Å². The lowest BCUT2D eigenvalue weighted by atomic mass is 9.70. The van der Waals surface area contributed by atoms with Gasteiger partial charge in [0.2, 0.25) is 0 Å².